The van der Waals surface area contributed by atoms with Crippen LogP contribution in [0, 0.1) is 0 Å². The second-order valence-electron chi connectivity index (χ2n) is 0.753. The molecule has 1 rings (SSSR count). The van der Waals surface area contributed by atoms with E-state index in [-0.39, 0.29) is 26.2 Å². The average Bonchev–Trinajstić information content (AvgIpc) is 1.76. The predicted molar refractivity (Wildman–Crippen MR) is 39.1 cm³/mol. The van der Waals surface area contributed by atoms with Crippen molar-refractivity contribution in [2.24, 2.45) is 0 Å². The molecule has 0 spiro atoms. The maximum absolute atomic E-state index is 2.16. The SMILES string of the molecule is C1=CSSC1.[BiH3]. The number of hydrogen-bond acceptors (Lipinski definition) is 2. The first-order chi connectivity index (χ1) is 2.50. The molecule has 0 unspecified atom stereocenters. The summed E-state index contributed by atoms with van der Waals surface area (Å²) in [5.41, 5.74) is 0. The summed E-state index contributed by atoms with van der Waals surface area (Å²) in [6, 6.07) is 0. The van der Waals surface area contributed by atoms with Crippen LogP contribution in [0.25, 0.3) is 0 Å². The number of rotatable bonds is 0. The van der Waals surface area contributed by atoms with Gasteiger partial charge >= 0.3 is 26.2 Å². The fraction of sp³-hybridized carbons (Fsp3) is 0.333. The van der Waals surface area contributed by atoms with Gasteiger partial charge in [0.2, 0.25) is 0 Å². The van der Waals surface area contributed by atoms with E-state index in [0.29, 0.717) is 0 Å². The van der Waals surface area contributed by atoms with Gasteiger partial charge in [-0.15, -0.1) is 0 Å². The zero-order valence-corrected chi connectivity index (χ0v) is 10.5. The Morgan fingerprint density at radius 3 is 2.50 bits per heavy atom. The molecule has 0 aliphatic carbocycles. The van der Waals surface area contributed by atoms with Gasteiger partial charge in [0.1, 0.15) is 0 Å². The van der Waals surface area contributed by atoms with E-state index >= 15 is 0 Å². The first-order valence-electron chi connectivity index (χ1n) is 1.43. The third-order valence-corrected chi connectivity index (χ3v) is 2.30. The van der Waals surface area contributed by atoms with Crippen LogP contribution in [0.2, 0.25) is 0 Å². The molecule has 0 aromatic rings. The topological polar surface area (TPSA) is 0 Å². The maximum atomic E-state index is 2.16. The third kappa shape index (κ3) is 2.49. The van der Waals surface area contributed by atoms with Crippen LogP contribution in [-0.4, -0.2) is 32.0 Å². The molecular formula is C3H7BiS2. The van der Waals surface area contributed by atoms with Gasteiger partial charge in [0.15, 0.2) is 0 Å². The predicted octanol–water partition coefficient (Wildman–Crippen LogP) is 0.711. The molecule has 0 aromatic heterocycles. The molecule has 0 nitrogen and oxygen atoms in total. The van der Waals surface area contributed by atoms with Gasteiger partial charge in [-0.2, -0.15) is 0 Å². The van der Waals surface area contributed by atoms with E-state index in [1.54, 1.807) is 0 Å². The van der Waals surface area contributed by atoms with Gasteiger partial charge in [0, 0.05) is 5.75 Å². The standard InChI is InChI=1S/C3H4S2.Bi.3H/c1-2-4-5-3-1;;;;/h1-2H,3H2;;;;. The monoisotopic (exact) mass is 316 g/mol. The van der Waals surface area contributed by atoms with Crippen molar-refractivity contribution in [1.29, 1.82) is 0 Å². The molecule has 0 saturated heterocycles. The van der Waals surface area contributed by atoms with Gasteiger partial charge in [-0.05, 0) is 5.41 Å². The Hall–Kier alpha value is 1.32. The van der Waals surface area contributed by atoms with Crippen molar-refractivity contribution >= 4 is 47.8 Å². The first kappa shape index (κ1) is 7.32. The fourth-order valence-corrected chi connectivity index (χ4v) is 1.77. The molecule has 0 saturated carbocycles. The summed E-state index contributed by atoms with van der Waals surface area (Å²) in [5, 5.41) is 2.12. The van der Waals surface area contributed by atoms with Gasteiger partial charge in [-0.25, -0.2) is 0 Å². The molecule has 0 N–H and O–H groups in total. The molecule has 0 atom stereocenters. The Kier molecular flexibility index (Phi) is 5.47. The van der Waals surface area contributed by atoms with Gasteiger partial charge in [0.05, 0.1) is 0 Å². The molecule has 0 bridgehead atoms. The minimum absolute atomic E-state index is 0. The van der Waals surface area contributed by atoms with E-state index in [1.807, 2.05) is 21.6 Å². The quantitative estimate of drug-likeness (QED) is 0.477. The summed E-state index contributed by atoms with van der Waals surface area (Å²) in [4.78, 5) is 0. The van der Waals surface area contributed by atoms with Crippen molar-refractivity contribution < 1.29 is 0 Å². The molecule has 1 heterocycles. The molecule has 0 radical (unpaired) electrons. The normalized spacial score (nSPS) is 17.3. The van der Waals surface area contributed by atoms with Crippen LogP contribution in [0.15, 0.2) is 11.5 Å². The van der Waals surface area contributed by atoms with Crippen molar-refractivity contribution in [3.05, 3.63) is 11.5 Å². The Bertz CT molecular complexity index is 46.8. The second-order valence-corrected chi connectivity index (χ2v) is 3.07. The van der Waals surface area contributed by atoms with E-state index in [9.17, 15) is 0 Å². The zero-order valence-electron chi connectivity index (χ0n) is 3.39. The van der Waals surface area contributed by atoms with Gasteiger partial charge in [-0.3, -0.25) is 0 Å². The Morgan fingerprint density at radius 2 is 2.33 bits per heavy atom. The van der Waals surface area contributed by atoms with Crippen LogP contribution < -0.4 is 0 Å². The molecule has 6 heavy (non-hydrogen) atoms. The van der Waals surface area contributed by atoms with Gasteiger partial charge in [0.25, 0.3) is 0 Å². The van der Waals surface area contributed by atoms with Gasteiger partial charge in [-0.1, -0.05) is 27.7 Å². The van der Waals surface area contributed by atoms with Crippen molar-refractivity contribution in [2.75, 3.05) is 5.75 Å². The molecule has 1 aliphatic heterocycles. The average molecular weight is 316 g/mol. The summed E-state index contributed by atoms with van der Waals surface area (Å²) in [5.74, 6) is 1.20. The molecule has 0 fully saturated rings. The zero-order chi connectivity index (χ0) is 3.54. The molecule has 0 amide bonds. The van der Waals surface area contributed by atoms with Crippen LogP contribution in [0.5, 0.6) is 0 Å². The fourth-order valence-electron chi connectivity index (χ4n) is 0.196. The summed E-state index contributed by atoms with van der Waals surface area (Å²) in [6.45, 7) is 0. The molecule has 1 aliphatic rings. The summed E-state index contributed by atoms with van der Waals surface area (Å²) in [6.07, 6.45) is 2.16. The molecular weight excluding hydrogens is 309 g/mol. The van der Waals surface area contributed by atoms with Gasteiger partial charge < -0.3 is 0 Å². The van der Waals surface area contributed by atoms with Crippen molar-refractivity contribution in [1.82, 2.24) is 0 Å². The molecule has 0 aromatic carbocycles. The first-order valence-corrected chi connectivity index (χ1v) is 3.81. The van der Waals surface area contributed by atoms with Crippen molar-refractivity contribution in [2.45, 2.75) is 0 Å². The van der Waals surface area contributed by atoms with E-state index in [1.165, 1.54) is 5.75 Å². The summed E-state index contributed by atoms with van der Waals surface area (Å²) < 4.78 is 0. The van der Waals surface area contributed by atoms with Crippen LogP contribution >= 0.6 is 21.6 Å². The van der Waals surface area contributed by atoms with Crippen molar-refractivity contribution in [3.63, 3.8) is 0 Å². The Morgan fingerprint density at radius 1 is 1.50 bits per heavy atom. The second kappa shape index (κ2) is 4.48. The Balaban J connectivity index is 0.000000250. The van der Waals surface area contributed by atoms with Crippen LogP contribution in [-0.2, 0) is 0 Å². The minimum atomic E-state index is 0. The van der Waals surface area contributed by atoms with E-state index in [0.717, 1.165) is 0 Å². The van der Waals surface area contributed by atoms with E-state index < -0.39 is 0 Å². The van der Waals surface area contributed by atoms with Crippen molar-refractivity contribution in [3.8, 4) is 0 Å². The number of hydrogen-bond donors (Lipinski definition) is 0. The van der Waals surface area contributed by atoms with Crippen LogP contribution in [0.3, 0.4) is 0 Å². The molecule has 36 valence electrons. The van der Waals surface area contributed by atoms with E-state index in [4.69, 9.17) is 0 Å². The Labute approximate surface area is 64.7 Å². The van der Waals surface area contributed by atoms with Crippen LogP contribution in [0.1, 0.15) is 0 Å². The third-order valence-electron chi connectivity index (χ3n) is 0.384. The van der Waals surface area contributed by atoms with Crippen LogP contribution in [0.4, 0.5) is 0 Å². The summed E-state index contributed by atoms with van der Waals surface area (Å²) >= 11 is 0. The van der Waals surface area contributed by atoms with E-state index in [2.05, 4.69) is 11.5 Å². The molecule has 3 heteroatoms. The summed E-state index contributed by atoms with van der Waals surface area (Å²) in [7, 11) is 3.69.